The average Bonchev–Trinajstić information content (AvgIpc) is 3.43. The minimum absolute atomic E-state index is 0.0426. The van der Waals surface area contributed by atoms with Crippen LogP contribution in [0.3, 0.4) is 0 Å². The van der Waals surface area contributed by atoms with Crippen LogP contribution in [0.1, 0.15) is 42.5 Å². The van der Waals surface area contributed by atoms with Crippen LogP contribution in [0.25, 0.3) is 0 Å². The summed E-state index contributed by atoms with van der Waals surface area (Å²) in [4.78, 5) is 27.5. The molecule has 2 fully saturated rings. The molecule has 0 radical (unpaired) electrons. The van der Waals surface area contributed by atoms with Gasteiger partial charge in [-0.3, -0.25) is 14.7 Å². The molecule has 0 unspecified atom stereocenters. The van der Waals surface area contributed by atoms with E-state index in [-0.39, 0.29) is 5.56 Å². The Bertz CT molecular complexity index is 879. The van der Waals surface area contributed by atoms with Gasteiger partial charge < -0.3 is 9.80 Å². The number of benzene rings is 1. The molecule has 0 bridgehead atoms. The lowest BCUT2D eigenvalue weighted by atomic mass is 10.1. The molecule has 6 heteroatoms. The molecule has 0 amide bonds. The number of hydrogen-bond donors (Lipinski definition) is 1. The molecule has 148 valence electrons. The number of aromatic amines is 1. The largest absolute Gasteiger partial charge is 0.372 e. The third-order valence-corrected chi connectivity index (χ3v) is 6.35. The molecule has 0 spiro atoms. The maximum Gasteiger partial charge on any atom is 0.257 e. The zero-order valence-corrected chi connectivity index (χ0v) is 16.5. The number of anilines is 2. The Morgan fingerprint density at radius 1 is 0.893 bits per heavy atom. The highest BCUT2D eigenvalue weighted by Gasteiger charge is 2.23. The van der Waals surface area contributed by atoms with Crippen molar-refractivity contribution < 1.29 is 0 Å². The predicted molar refractivity (Wildman–Crippen MR) is 112 cm³/mol. The van der Waals surface area contributed by atoms with E-state index in [9.17, 15) is 4.79 Å². The van der Waals surface area contributed by atoms with Crippen LogP contribution in [-0.4, -0.2) is 47.6 Å². The first-order chi connectivity index (χ1) is 13.8. The van der Waals surface area contributed by atoms with Gasteiger partial charge in [-0.15, -0.1) is 0 Å². The molecule has 1 aromatic heterocycles. The first-order valence-electron chi connectivity index (χ1n) is 10.7. The standard InChI is InChI=1S/C22H29N5O/c28-21-19-16-25(14-9-20(19)23-22(24-21)27-12-3-4-13-27)15-17-5-7-18(8-6-17)26-10-1-2-11-26/h5-8H,1-4,9-16H2,(H,23,24,28). The van der Waals surface area contributed by atoms with Crippen molar-refractivity contribution >= 4 is 11.6 Å². The summed E-state index contributed by atoms with van der Waals surface area (Å²) in [5, 5.41) is 0. The van der Waals surface area contributed by atoms with Crippen LogP contribution in [-0.2, 0) is 19.5 Å². The van der Waals surface area contributed by atoms with Gasteiger partial charge in [0.05, 0.1) is 11.3 Å². The van der Waals surface area contributed by atoms with Crippen molar-refractivity contribution in [3.63, 3.8) is 0 Å². The second-order valence-electron chi connectivity index (χ2n) is 8.33. The molecule has 4 heterocycles. The third-order valence-electron chi connectivity index (χ3n) is 6.35. The Morgan fingerprint density at radius 2 is 1.57 bits per heavy atom. The summed E-state index contributed by atoms with van der Waals surface area (Å²) >= 11 is 0. The van der Waals surface area contributed by atoms with E-state index in [1.54, 1.807) is 0 Å². The van der Waals surface area contributed by atoms with E-state index in [0.29, 0.717) is 6.54 Å². The van der Waals surface area contributed by atoms with Crippen LogP contribution in [0.2, 0.25) is 0 Å². The van der Waals surface area contributed by atoms with E-state index in [1.807, 2.05) is 0 Å². The number of aromatic nitrogens is 2. The molecule has 0 aliphatic carbocycles. The van der Waals surface area contributed by atoms with E-state index in [2.05, 4.69) is 43.9 Å². The van der Waals surface area contributed by atoms with Crippen LogP contribution < -0.4 is 15.4 Å². The van der Waals surface area contributed by atoms with Crippen LogP contribution >= 0.6 is 0 Å². The molecule has 5 rings (SSSR count). The van der Waals surface area contributed by atoms with Crippen molar-refractivity contribution in [2.45, 2.75) is 45.2 Å². The number of hydrogen-bond acceptors (Lipinski definition) is 5. The monoisotopic (exact) mass is 379 g/mol. The van der Waals surface area contributed by atoms with Gasteiger partial charge >= 0.3 is 0 Å². The lowest BCUT2D eigenvalue weighted by Crippen LogP contribution is -2.36. The maximum absolute atomic E-state index is 12.7. The Hall–Kier alpha value is -2.34. The fraction of sp³-hybridized carbons (Fsp3) is 0.545. The van der Waals surface area contributed by atoms with Crippen molar-refractivity contribution in [3.8, 4) is 0 Å². The number of nitrogens with zero attached hydrogens (tertiary/aromatic N) is 4. The van der Waals surface area contributed by atoms with Gasteiger partial charge in [0.1, 0.15) is 0 Å². The topological polar surface area (TPSA) is 55.5 Å². The van der Waals surface area contributed by atoms with E-state index in [4.69, 9.17) is 4.98 Å². The molecule has 1 N–H and O–H groups in total. The summed E-state index contributed by atoms with van der Waals surface area (Å²) in [7, 11) is 0. The summed E-state index contributed by atoms with van der Waals surface area (Å²) in [6.45, 7) is 6.88. The van der Waals surface area contributed by atoms with Crippen molar-refractivity contribution in [1.82, 2.24) is 14.9 Å². The Kier molecular flexibility index (Phi) is 4.81. The Labute approximate surface area is 166 Å². The first-order valence-corrected chi connectivity index (χ1v) is 10.7. The highest BCUT2D eigenvalue weighted by Crippen LogP contribution is 2.23. The minimum Gasteiger partial charge on any atom is -0.372 e. The summed E-state index contributed by atoms with van der Waals surface area (Å²) in [6, 6.07) is 8.97. The van der Waals surface area contributed by atoms with Gasteiger partial charge in [0, 0.05) is 57.9 Å². The van der Waals surface area contributed by atoms with Gasteiger partial charge in [-0.1, -0.05) is 12.1 Å². The van der Waals surface area contributed by atoms with Gasteiger partial charge in [-0.25, -0.2) is 4.98 Å². The summed E-state index contributed by atoms with van der Waals surface area (Å²) in [5.74, 6) is 0.771. The maximum atomic E-state index is 12.7. The van der Waals surface area contributed by atoms with Crippen LogP contribution in [0, 0.1) is 0 Å². The van der Waals surface area contributed by atoms with Crippen LogP contribution in [0.4, 0.5) is 11.6 Å². The molecular formula is C22H29N5O. The number of H-pyrrole nitrogens is 1. The smallest absolute Gasteiger partial charge is 0.257 e. The molecule has 0 saturated carbocycles. The molecule has 3 aliphatic rings. The predicted octanol–water partition coefficient (Wildman–Crippen LogP) is 2.53. The zero-order chi connectivity index (χ0) is 18.9. The summed E-state index contributed by atoms with van der Waals surface area (Å²) in [6.07, 6.45) is 5.83. The molecule has 28 heavy (non-hydrogen) atoms. The normalized spacial score (nSPS) is 20.0. The quantitative estimate of drug-likeness (QED) is 0.885. The van der Waals surface area contributed by atoms with Crippen molar-refractivity contribution in [1.29, 1.82) is 0 Å². The van der Waals surface area contributed by atoms with E-state index < -0.39 is 0 Å². The molecule has 2 aromatic rings. The molecule has 3 aliphatic heterocycles. The molecule has 1 aromatic carbocycles. The van der Waals surface area contributed by atoms with E-state index in [1.165, 1.54) is 50.0 Å². The van der Waals surface area contributed by atoms with Crippen LogP contribution in [0.5, 0.6) is 0 Å². The number of rotatable bonds is 4. The van der Waals surface area contributed by atoms with Crippen LogP contribution in [0.15, 0.2) is 29.1 Å². The number of nitrogens with one attached hydrogen (secondary N) is 1. The molecular weight excluding hydrogens is 350 g/mol. The lowest BCUT2D eigenvalue weighted by molar-refractivity contribution is 0.242. The SMILES string of the molecule is O=c1[nH]c(N2CCCC2)nc2c1CN(Cc1ccc(N3CCCC3)cc1)CC2. The second-order valence-corrected chi connectivity index (χ2v) is 8.33. The third kappa shape index (κ3) is 3.53. The van der Waals surface area contributed by atoms with Gasteiger partial charge in [0.25, 0.3) is 5.56 Å². The van der Waals surface area contributed by atoms with Crippen molar-refractivity contribution in [2.75, 3.05) is 42.5 Å². The van der Waals surface area contributed by atoms with E-state index in [0.717, 1.165) is 49.8 Å². The van der Waals surface area contributed by atoms with Crippen molar-refractivity contribution in [3.05, 3.63) is 51.4 Å². The summed E-state index contributed by atoms with van der Waals surface area (Å²) < 4.78 is 0. The van der Waals surface area contributed by atoms with E-state index >= 15 is 0 Å². The lowest BCUT2D eigenvalue weighted by Gasteiger charge is -2.28. The van der Waals surface area contributed by atoms with Gasteiger partial charge in [-0.05, 0) is 43.4 Å². The van der Waals surface area contributed by atoms with Gasteiger partial charge in [0.2, 0.25) is 5.95 Å². The van der Waals surface area contributed by atoms with Gasteiger partial charge in [-0.2, -0.15) is 0 Å². The summed E-state index contributed by atoms with van der Waals surface area (Å²) in [5.41, 5.74) is 4.53. The fourth-order valence-electron chi connectivity index (χ4n) is 4.73. The molecule has 2 saturated heterocycles. The zero-order valence-electron chi connectivity index (χ0n) is 16.5. The fourth-order valence-corrected chi connectivity index (χ4v) is 4.73. The highest BCUT2D eigenvalue weighted by atomic mass is 16.1. The second kappa shape index (κ2) is 7.59. The Morgan fingerprint density at radius 3 is 2.29 bits per heavy atom. The first kappa shape index (κ1) is 17.7. The van der Waals surface area contributed by atoms with Crippen molar-refractivity contribution in [2.24, 2.45) is 0 Å². The molecule has 6 nitrogen and oxygen atoms in total. The van der Waals surface area contributed by atoms with Gasteiger partial charge in [0.15, 0.2) is 0 Å². The Balaban J connectivity index is 1.27. The highest BCUT2D eigenvalue weighted by molar-refractivity contribution is 5.48. The minimum atomic E-state index is 0.0426. The average molecular weight is 380 g/mol. The molecule has 0 atom stereocenters. The number of fused-ring (bicyclic) bond motifs is 1.